The van der Waals surface area contributed by atoms with Crippen LogP contribution in [0.25, 0.3) is 0 Å². The summed E-state index contributed by atoms with van der Waals surface area (Å²) < 4.78 is 0. The molecule has 0 atom stereocenters. The lowest BCUT2D eigenvalue weighted by molar-refractivity contribution is -0.128. The van der Waals surface area contributed by atoms with Gasteiger partial charge in [0.15, 0.2) is 0 Å². The summed E-state index contributed by atoms with van der Waals surface area (Å²) >= 11 is 1.61. The van der Waals surface area contributed by atoms with Crippen LogP contribution in [0.3, 0.4) is 0 Å². The highest BCUT2D eigenvalue weighted by molar-refractivity contribution is 8.00. The molecule has 0 aliphatic heterocycles. The molecule has 1 aromatic carbocycles. The average Bonchev–Trinajstić information content (AvgIpc) is 2.38. The molecule has 0 spiro atoms. The van der Waals surface area contributed by atoms with Crippen LogP contribution in [0.1, 0.15) is 26.7 Å². The van der Waals surface area contributed by atoms with Crippen molar-refractivity contribution in [1.82, 2.24) is 4.90 Å². The Balaban J connectivity index is 2.37. The highest BCUT2D eigenvalue weighted by atomic mass is 32.2. The molecule has 1 amide bonds. The van der Waals surface area contributed by atoms with E-state index in [-0.39, 0.29) is 5.91 Å². The smallest absolute Gasteiger partial charge is 0.232 e. The maximum Gasteiger partial charge on any atom is 0.232 e. The summed E-state index contributed by atoms with van der Waals surface area (Å²) in [6, 6.07) is 10.1. The second-order valence-electron chi connectivity index (χ2n) is 3.93. The van der Waals surface area contributed by atoms with E-state index in [1.807, 2.05) is 42.2 Å². The second-order valence-corrected chi connectivity index (χ2v) is 4.98. The van der Waals surface area contributed by atoms with E-state index < -0.39 is 0 Å². The van der Waals surface area contributed by atoms with E-state index in [9.17, 15) is 4.79 Å². The normalized spacial score (nSPS) is 10.2. The Morgan fingerprint density at radius 1 is 1.24 bits per heavy atom. The Morgan fingerprint density at radius 2 is 1.94 bits per heavy atom. The third-order valence-corrected chi connectivity index (χ3v) is 3.62. The predicted molar refractivity (Wildman–Crippen MR) is 74.3 cm³/mol. The Hall–Kier alpha value is -0.960. The summed E-state index contributed by atoms with van der Waals surface area (Å²) in [6.07, 6.45) is 2.23. The van der Waals surface area contributed by atoms with Crippen LogP contribution in [0.5, 0.6) is 0 Å². The van der Waals surface area contributed by atoms with E-state index in [1.54, 1.807) is 11.8 Å². The van der Waals surface area contributed by atoms with Gasteiger partial charge < -0.3 is 4.90 Å². The van der Waals surface area contributed by atoms with Gasteiger partial charge in [0.2, 0.25) is 5.91 Å². The van der Waals surface area contributed by atoms with Crippen LogP contribution >= 0.6 is 11.8 Å². The van der Waals surface area contributed by atoms with Crippen LogP contribution in [-0.4, -0.2) is 29.6 Å². The van der Waals surface area contributed by atoms with Crippen LogP contribution in [0.4, 0.5) is 0 Å². The molecule has 3 heteroatoms. The average molecular weight is 251 g/mol. The van der Waals surface area contributed by atoms with Gasteiger partial charge in [0.25, 0.3) is 0 Å². The van der Waals surface area contributed by atoms with Crippen molar-refractivity contribution < 1.29 is 4.79 Å². The maximum absolute atomic E-state index is 12.0. The number of hydrogen-bond donors (Lipinski definition) is 0. The number of benzene rings is 1. The first-order valence-electron chi connectivity index (χ1n) is 6.23. The van der Waals surface area contributed by atoms with Crippen molar-refractivity contribution in [3.63, 3.8) is 0 Å². The Morgan fingerprint density at radius 3 is 2.53 bits per heavy atom. The fourth-order valence-electron chi connectivity index (χ4n) is 1.56. The third kappa shape index (κ3) is 5.26. The van der Waals surface area contributed by atoms with Gasteiger partial charge in [-0.2, -0.15) is 0 Å². The number of unbranched alkanes of at least 4 members (excludes halogenated alkanes) is 1. The second kappa shape index (κ2) is 8.18. The molecule has 0 aliphatic carbocycles. The van der Waals surface area contributed by atoms with E-state index in [4.69, 9.17) is 0 Å². The van der Waals surface area contributed by atoms with Crippen molar-refractivity contribution in [2.24, 2.45) is 0 Å². The molecule has 2 nitrogen and oxygen atoms in total. The fraction of sp³-hybridized carbons (Fsp3) is 0.500. The number of thioether (sulfide) groups is 1. The van der Waals surface area contributed by atoms with Crippen LogP contribution < -0.4 is 0 Å². The van der Waals surface area contributed by atoms with Gasteiger partial charge in [-0.3, -0.25) is 4.79 Å². The number of amides is 1. The zero-order chi connectivity index (χ0) is 12.5. The monoisotopic (exact) mass is 251 g/mol. The Kier molecular flexibility index (Phi) is 6.78. The third-order valence-electron chi connectivity index (χ3n) is 2.62. The molecular formula is C14H21NOS. The minimum absolute atomic E-state index is 0.245. The minimum Gasteiger partial charge on any atom is -0.342 e. The van der Waals surface area contributed by atoms with Crippen LogP contribution in [0.15, 0.2) is 35.2 Å². The lowest BCUT2D eigenvalue weighted by atomic mass is 10.3. The highest BCUT2D eigenvalue weighted by Gasteiger charge is 2.10. The Bertz CT molecular complexity index is 326. The molecule has 0 N–H and O–H groups in total. The predicted octanol–water partition coefficient (Wildman–Crippen LogP) is 3.43. The van der Waals surface area contributed by atoms with Gasteiger partial charge in [-0.05, 0) is 25.5 Å². The van der Waals surface area contributed by atoms with Gasteiger partial charge in [0.1, 0.15) is 0 Å². The molecule has 0 aliphatic rings. The van der Waals surface area contributed by atoms with Crippen LogP contribution in [0.2, 0.25) is 0 Å². The van der Waals surface area contributed by atoms with Crippen molar-refractivity contribution in [3.05, 3.63) is 30.3 Å². The number of carbonyl (C=O) groups excluding carboxylic acids is 1. The highest BCUT2D eigenvalue weighted by Crippen LogP contribution is 2.17. The van der Waals surface area contributed by atoms with Crippen molar-refractivity contribution in [1.29, 1.82) is 0 Å². The molecule has 17 heavy (non-hydrogen) atoms. The maximum atomic E-state index is 12.0. The largest absolute Gasteiger partial charge is 0.342 e. The summed E-state index contributed by atoms with van der Waals surface area (Å²) in [5.74, 6) is 0.788. The van der Waals surface area contributed by atoms with Crippen molar-refractivity contribution in [2.75, 3.05) is 18.8 Å². The van der Waals surface area contributed by atoms with E-state index in [0.717, 1.165) is 30.8 Å². The van der Waals surface area contributed by atoms with E-state index in [2.05, 4.69) is 6.92 Å². The molecule has 1 aromatic rings. The molecule has 0 saturated heterocycles. The van der Waals surface area contributed by atoms with Crippen LogP contribution in [0, 0.1) is 0 Å². The first kappa shape index (κ1) is 14.1. The molecule has 0 fully saturated rings. The number of nitrogens with zero attached hydrogens (tertiary/aromatic N) is 1. The molecule has 0 radical (unpaired) electrons. The molecule has 0 saturated carbocycles. The summed E-state index contributed by atoms with van der Waals surface area (Å²) in [5.41, 5.74) is 0. The van der Waals surface area contributed by atoms with E-state index in [0.29, 0.717) is 5.75 Å². The molecule has 0 heterocycles. The molecule has 0 unspecified atom stereocenters. The van der Waals surface area contributed by atoms with E-state index >= 15 is 0 Å². The zero-order valence-corrected chi connectivity index (χ0v) is 11.5. The van der Waals surface area contributed by atoms with E-state index in [1.165, 1.54) is 0 Å². The van der Waals surface area contributed by atoms with Crippen molar-refractivity contribution >= 4 is 17.7 Å². The molecular weight excluding hydrogens is 230 g/mol. The molecule has 0 aromatic heterocycles. The van der Waals surface area contributed by atoms with Gasteiger partial charge in [-0.25, -0.2) is 0 Å². The fourth-order valence-corrected chi connectivity index (χ4v) is 2.38. The quantitative estimate of drug-likeness (QED) is 0.692. The minimum atomic E-state index is 0.245. The number of carbonyl (C=O) groups is 1. The lowest BCUT2D eigenvalue weighted by Crippen LogP contribution is -2.33. The van der Waals surface area contributed by atoms with Gasteiger partial charge in [0.05, 0.1) is 5.75 Å². The van der Waals surface area contributed by atoms with Gasteiger partial charge >= 0.3 is 0 Å². The first-order valence-corrected chi connectivity index (χ1v) is 7.22. The topological polar surface area (TPSA) is 20.3 Å². The van der Waals surface area contributed by atoms with Crippen molar-refractivity contribution in [2.45, 2.75) is 31.6 Å². The summed E-state index contributed by atoms with van der Waals surface area (Å²) in [7, 11) is 0. The lowest BCUT2D eigenvalue weighted by Gasteiger charge is -2.20. The van der Waals surface area contributed by atoms with Gasteiger partial charge in [-0.15, -0.1) is 11.8 Å². The van der Waals surface area contributed by atoms with Crippen LogP contribution in [-0.2, 0) is 4.79 Å². The first-order chi connectivity index (χ1) is 8.27. The SMILES string of the molecule is CCCCN(CC)C(=O)CSc1ccccc1. The molecule has 0 bridgehead atoms. The van der Waals surface area contributed by atoms with Gasteiger partial charge in [0, 0.05) is 18.0 Å². The van der Waals surface area contributed by atoms with Crippen molar-refractivity contribution in [3.8, 4) is 0 Å². The number of hydrogen-bond acceptors (Lipinski definition) is 2. The van der Waals surface area contributed by atoms with Gasteiger partial charge in [-0.1, -0.05) is 31.5 Å². The molecule has 94 valence electrons. The zero-order valence-electron chi connectivity index (χ0n) is 10.7. The standard InChI is InChI=1S/C14H21NOS/c1-3-5-11-15(4-2)14(16)12-17-13-9-7-6-8-10-13/h6-10H,3-5,11-12H2,1-2H3. The summed E-state index contributed by atoms with van der Waals surface area (Å²) in [4.78, 5) is 15.1. The number of rotatable bonds is 7. The Labute approximate surface area is 108 Å². The summed E-state index contributed by atoms with van der Waals surface area (Å²) in [5, 5.41) is 0. The molecule has 1 rings (SSSR count). The summed E-state index contributed by atoms with van der Waals surface area (Å²) in [6.45, 7) is 5.90.